The Morgan fingerprint density at radius 2 is 2.10 bits per heavy atom. The zero-order valence-electron chi connectivity index (χ0n) is 11.6. The van der Waals surface area contributed by atoms with Crippen LogP contribution in [0.1, 0.15) is 31.7 Å². The largest absolute Gasteiger partial charge is 0.452 e. The molecular formula is C15H18FNO3. The van der Waals surface area contributed by atoms with Gasteiger partial charge in [-0.25, -0.2) is 4.39 Å². The minimum Gasteiger partial charge on any atom is -0.452 e. The first-order valence-electron chi connectivity index (χ1n) is 6.75. The standard InChI is InChI=1S/C15H18FNO3/c1-9-6-7-12(8-13(9)16)17-14(18)10(2)20-15(19)11-4-3-5-11/h6-8,10-11H,3-5H2,1-2H3,(H,17,18). The lowest BCUT2D eigenvalue weighted by molar-refractivity contribution is -0.159. The van der Waals surface area contributed by atoms with E-state index in [9.17, 15) is 14.0 Å². The number of amides is 1. The van der Waals surface area contributed by atoms with E-state index in [1.54, 1.807) is 19.1 Å². The van der Waals surface area contributed by atoms with Crippen molar-refractivity contribution in [1.82, 2.24) is 0 Å². The van der Waals surface area contributed by atoms with Crippen LogP contribution in [-0.4, -0.2) is 18.0 Å². The Morgan fingerprint density at radius 3 is 2.65 bits per heavy atom. The molecule has 1 atom stereocenters. The molecule has 0 aromatic heterocycles. The molecule has 1 aromatic carbocycles. The summed E-state index contributed by atoms with van der Waals surface area (Å²) in [5, 5.41) is 2.53. The number of hydrogen-bond acceptors (Lipinski definition) is 3. The normalized spacial score (nSPS) is 16.1. The van der Waals surface area contributed by atoms with Crippen LogP contribution in [0.5, 0.6) is 0 Å². The summed E-state index contributed by atoms with van der Waals surface area (Å²) in [6.45, 7) is 3.15. The number of carbonyl (C=O) groups excluding carboxylic acids is 2. The Balaban J connectivity index is 1.89. The second-order valence-corrected chi connectivity index (χ2v) is 5.16. The third-order valence-electron chi connectivity index (χ3n) is 3.54. The van der Waals surface area contributed by atoms with Gasteiger partial charge in [0.05, 0.1) is 5.92 Å². The molecule has 0 heterocycles. The van der Waals surface area contributed by atoms with Crippen LogP contribution >= 0.6 is 0 Å². The fraction of sp³-hybridized carbons (Fsp3) is 0.467. The zero-order chi connectivity index (χ0) is 14.7. The van der Waals surface area contributed by atoms with E-state index in [1.165, 1.54) is 13.0 Å². The number of carbonyl (C=O) groups is 2. The number of esters is 1. The van der Waals surface area contributed by atoms with Crippen molar-refractivity contribution in [2.75, 3.05) is 5.32 Å². The highest BCUT2D eigenvalue weighted by atomic mass is 19.1. The van der Waals surface area contributed by atoms with Gasteiger partial charge in [-0.15, -0.1) is 0 Å². The van der Waals surface area contributed by atoms with Gasteiger partial charge in [0.1, 0.15) is 5.82 Å². The van der Waals surface area contributed by atoms with E-state index in [0.717, 1.165) is 19.3 Å². The van der Waals surface area contributed by atoms with Crippen molar-refractivity contribution in [2.24, 2.45) is 5.92 Å². The maximum absolute atomic E-state index is 13.4. The molecule has 5 heteroatoms. The average molecular weight is 279 g/mol. The number of ether oxygens (including phenoxy) is 1. The fourth-order valence-corrected chi connectivity index (χ4v) is 1.88. The molecular weight excluding hydrogens is 261 g/mol. The van der Waals surface area contributed by atoms with Crippen LogP contribution in [0.4, 0.5) is 10.1 Å². The highest BCUT2D eigenvalue weighted by Gasteiger charge is 2.29. The molecule has 20 heavy (non-hydrogen) atoms. The molecule has 1 unspecified atom stereocenters. The second kappa shape index (κ2) is 6.03. The van der Waals surface area contributed by atoms with Gasteiger partial charge in [0.25, 0.3) is 5.91 Å². The van der Waals surface area contributed by atoms with Crippen LogP contribution < -0.4 is 5.32 Å². The van der Waals surface area contributed by atoms with E-state index in [0.29, 0.717) is 11.3 Å². The van der Waals surface area contributed by atoms with Crippen LogP contribution in [0.15, 0.2) is 18.2 Å². The van der Waals surface area contributed by atoms with Gasteiger partial charge in [-0.2, -0.15) is 0 Å². The molecule has 0 spiro atoms. The molecule has 1 aliphatic carbocycles. The Morgan fingerprint density at radius 1 is 1.40 bits per heavy atom. The van der Waals surface area contributed by atoms with Crippen molar-refractivity contribution < 1.29 is 18.7 Å². The van der Waals surface area contributed by atoms with E-state index < -0.39 is 12.0 Å². The number of nitrogens with one attached hydrogen (secondary N) is 1. The summed E-state index contributed by atoms with van der Waals surface area (Å²) in [5.74, 6) is -1.24. The first-order valence-corrected chi connectivity index (χ1v) is 6.75. The Bertz CT molecular complexity index is 526. The maximum atomic E-state index is 13.4. The van der Waals surface area contributed by atoms with Gasteiger partial charge < -0.3 is 10.1 Å². The van der Waals surface area contributed by atoms with Gasteiger partial charge in [0.15, 0.2) is 6.10 Å². The van der Waals surface area contributed by atoms with Crippen molar-refractivity contribution in [3.05, 3.63) is 29.6 Å². The smallest absolute Gasteiger partial charge is 0.309 e. The predicted octanol–water partition coefficient (Wildman–Crippen LogP) is 2.80. The summed E-state index contributed by atoms with van der Waals surface area (Å²) in [4.78, 5) is 23.5. The lowest BCUT2D eigenvalue weighted by Gasteiger charge is -2.24. The lowest BCUT2D eigenvalue weighted by atomic mass is 9.86. The second-order valence-electron chi connectivity index (χ2n) is 5.16. The third kappa shape index (κ3) is 3.35. The van der Waals surface area contributed by atoms with E-state index in [-0.39, 0.29) is 17.7 Å². The highest BCUT2D eigenvalue weighted by Crippen LogP contribution is 2.27. The van der Waals surface area contributed by atoms with Gasteiger partial charge in [-0.05, 0) is 44.4 Å². The Kier molecular flexibility index (Phi) is 4.37. The van der Waals surface area contributed by atoms with Gasteiger partial charge in [-0.1, -0.05) is 12.5 Å². The zero-order valence-corrected chi connectivity index (χ0v) is 11.6. The summed E-state index contributed by atoms with van der Waals surface area (Å²) in [7, 11) is 0. The van der Waals surface area contributed by atoms with Gasteiger partial charge in [0, 0.05) is 5.69 Å². The summed E-state index contributed by atoms with van der Waals surface area (Å²) in [6.07, 6.45) is 1.81. The first kappa shape index (κ1) is 14.5. The van der Waals surface area contributed by atoms with E-state index in [1.807, 2.05) is 0 Å². The van der Waals surface area contributed by atoms with Crippen LogP contribution in [0, 0.1) is 18.7 Å². The minimum atomic E-state index is -0.882. The van der Waals surface area contributed by atoms with Gasteiger partial charge >= 0.3 is 5.97 Å². The molecule has 0 bridgehead atoms. The van der Waals surface area contributed by atoms with E-state index in [2.05, 4.69) is 5.32 Å². The highest BCUT2D eigenvalue weighted by molar-refractivity contribution is 5.95. The molecule has 1 saturated carbocycles. The Labute approximate surface area is 117 Å². The van der Waals surface area contributed by atoms with Crippen molar-refractivity contribution in [3.63, 3.8) is 0 Å². The van der Waals surface area contributed by atoms with Crippen LogP contribution in [0.25, 0.3) is 0 Å². The molecule has 2 rings (SSSR count). The van der Waals surface area contributed by atoms with Crippen molar-refractivity contribution in [3.8, 4) is 0 Å². The molecule has 0 saturated heterocycles. The third-order valence-corrected chi connectivity index (χ3v) is 3.54. The fourth-order valence-electron chi connectivity index (χ4n) is 1.88. The quantitative estimate of drug-likeness (QED) is 0.862. The SMILES string of the molecule is Cc1ccc(NC(=O)C(C)OC(=O)C2CCC2)cc1F. The van der Waals surface area contributed by atoms with Crippen molar-refractivity contribution in [1.29, 1.82) is 0 Å². The molecule has 1 aliphatic rings. The number of hydrogen-bond donors (Lipinski definition) is 1. The average Bonchev–Trinajstić information content (AvgIpc) is 2.31. The monoisotopic (exact) mass is 279 g/mol. The molecule has 0 radical (unpaired) electrons. The number of rotatable bonds is 4. The van der Waals surface area contributed by atoms with Crippen molar-refractivity contribution >= 4 is 17.6 Å². The van der Waals surface area contributed by atoms with E-state index in [4.69, 9.17) is 4.74 Å². The van der Waals surface area contributed by atoms with Crippen LogP contribution in [0.3, 0.4) is 0 Å². The molecule has 1 fully saturated rings. The maximum Gasteiger partial charge on any atom is 0.309 e. The van der Waals surface area contributed by atoms with Crippen molar-refractivity contribution in [2.45, 2.75) is 39.2 Å². The summed E-state index contributed by atoms with van der Waals surface area (Å²) >= 11 is 0. The summed E-state index contributed by atoms with van der Waals surface area (Å²) < 4.78 is 18.5. The topological polar surface area (TPSA) is 55.4 Å². The lowest BCUT2D eigenvalue weighted by Crippen LogP contribution is -2.34. The molecule has 1 N–H and O–H groups in total. The summed E-state index contributed by atoms with van der Waals surface area (Å²) in [6, 6.07) is 4.43. The number of benzene rings is 1. The molecule has 108 valence electrons. The number of halogens is 1. The molecule has 0 aliphatic heterocycles. The predicted molar refractivity (Wildman–Crippen MR) is 72.7 cm³/mol. The minimum absolute atomic E-state index is 0.0675. The molecule has 1 amide bonds. The van der Waals surface area contributed by atoms with Gasteiger partial charge in [-0.3, -0.25) is 9.59 Å². The molecule has 4 nitrogen and oxygen atoms in total. The number of aryl methyl sites for hydroxylation is 1. The summed E-state index contributed by atoms with van der Waals surface area (Å²) in [5.41, 5.74) is 0.858. The van der Waals surface area contributed by atoms with Crippen LogP contribution in [-0.2, 0) is 14.3 Å². The molecule has 1 aromatic rings. The number of anilines is 1. The Hall–Kier alpha value is -1.91. The van der Waals surface area contributed by atoms with Crippen LogP contribution in [0.2, 0.25) is 0 Å². The first-order chi connectivity index (χ1) is 9.47. The van der Waals surface area contributed by atoms with Gasteiger partial charge in [0.2, 0.25) is 0 Å². The van der Waals surface area contributed by atoms with E-state index >= 15 is 0 Å².